The number of ether oxygens (including phenoxy) is 1. The summed E-state index contributed by atoms with van der Waals surface area (Å²) in [4.78, 5) is 15.2. The molecule has 1 saturated heterocycles. The number of aliphatic hydroxyl groups is 1. The molecule has 1 heterocycles. The molecule has 1 amide bonds. The number of amides is 1. The van der Waals surface area contributed by atoms with Crippen LogP contribution in [0.5, 0.6) is 0 Å². The Morgan fingerprint density at radius 2 is 1.88 bits per heavy atom. The summed E-state index contributed by atoms with van der Waals surface area (Å²) in [5, 5.41) is 9.78. The minimum absolute atomic E-state index is 0.133. The average molecular weight is 244 g/mol. The van der Waals surface area contributed by atoms with E-state index in [4.69, 9.17) is 4.74 Å². The Morgan fingerprint density at radius 1 is 1.29 bits per heavy atom. The summed E-state index contributed by atoms with van der Waals surface area (Å²) in [5.41, 5.74) is 0. The van der Waals surface area contributed by atoms with Crippen molar-refractivity contribution in [1.29, 1.82) is 0 Å². The normalized spacial score (nSPS) is 19.7. The first kappa shape index (κ1) is 14.4. The Labute approximate surface area is 103 Å². The maximum Gasteiger partial charge on any atom is 0.219 e. The fourth-order valence-electron chi connectivity index (χ4n) is 1.90. The van der Waals surface area contributed by atoms with Gasteiger partial charge in [0.1, 0.15) is 0 Å². The summed E-state index contributed by atoms with van der Waals surface area (Å²) >= 11 is 0. The fraction of sp³-hybridized carbons (Fsp3) is 0.917. The number of β-amino-alcohol motifs (C(OH)–C–C–N with tert-alkyl or cyclic N) is 1. The van der Waals surface area contributed by atoms with Crippen LogP contribution in [0.15, 0.2) is 0 Å². The van der Waals surface area contributed by atoms with Gasteiger partial charge in [0.25, 0.3) is 0 Å². The number of carbonyl (C=O) groups excluding carboxylic acids is 1. The summed E-state index contributed by atoms with van der Waals surface area (Å²) in [7, 11) is 0. The van der Waals surface area contributed by atoms with Crippen molar-refractivity contribution in [1.82, 2.24) is 9.80 Å². The Kier molecular flexibility index (Phi) is 5.88. The number of nitrogens with zero attached hydrogens (tertiary/aromatic N) is 2. The van der Waals surface area contributed by atoms with E-state index in [1.165, 1.54) is 0 Å². The maximum atomic E-state index is 11.1. The Hall–Kier alpha value is -0.650. The second kappa shape index (κ2) is 6.93. The lowest BCUT2D eigenvalue weighted by Gasteiger charge is -2.35. The molecule has 0 bridgehead atoms. The average Bonchev–Trinajstić information content (AvgIpc) is 2.27. The third kappa shape index (κ3) is 5.48. The zero-order valence-electron chi connectivity index (χ0n) is 11.1. The van der Waals surface area contributed by atoms with E-state index in [2.05, 4.69) is 4.90 Å². The van der Waals surface area contributed by atoms with Crippen molar-refractivity contribution in [2.24, 2.45) is 0 Å². The van der Waals surface area contributed by atoms with E-state index >= 15 is 0 Å². The minimum Gasteiger partial charge on any atom is -0.389 e. The highest BCUT2D eigenvalue weighted by Crippen LogP contribution is 2.03. The third-order valence-corrected chi connectivity index (χ3v) is 2.91. The lowest BCUT2D eigenvalue weighted by atomic mass is 10.2. The number of aliphatic hydroxyl groups excluding tert-OH is 1. The van der Waals surface area contributed by atoms with Crippen molar-refractivity contribution < 1.29 is 14.6 Å². The van der Waals surface area contributed by atoms with Gasteiger partial charge in [0, 0.05) is 39.6 Å². The number of carbonyl (C=O) groups is 1. The van der Waals surface area contributed by atoms with E-state index < -0.39 is 6.10 Å². The molecule has 5 nitrogen and oxygen atoms in total. The summed E-state index contributed by atoms with van der Waals surface area (Å²) in [6.45, 7) is 9.69. The predicted octanol–water partition coefficient (Wildman–Crippen LogP) is -0.0636. The maximum absolute atomic E-state index is 11.1. The van der Waals surface area contributed by atoms with E-state index in [1.54, 1.807) is 6.92 Å². The summed E-state index contributed by atoms with van der Waals surface area (Å²) in [6.07, 6.45) is -0.291. The van der Waals surface area contributed by atoms with Crippen LogP contribution < -0.4 is 0 Å². The molecule has 0 aromatic heterocycles. The molecule has 0 unspecified atom stereocenters. The van der Waals surface area contributed by atoms with Crippen LogP contribution in [0.2, 0.25) is 0 Å². The van der Waals surface area contributed by atoms with Crippen molar-refractivity contribution in [3.05, 3.63) is 0 Å². The van der Waals surface area contributed by atoms with Crippen LogP contribution in [0.25, 0.3) is 0 Å². The number of hydrogen-bond donors (Lipinski definition) is 1. The standard InChI is InChI=1S/C12H24N2O3/c1-10(2)17-9-12(16)8-13-4-6-14(7-5-13)11(3)15/h10,12,16H,4-9H2,1-3H3/t12-/m0/s1. The second-order valence-corrected chi connectivity index (χ2v) is 4.84. The van der Waals surface area contributed by atoms with Gasteiger partial charge >= 0.3 is 0 Å². The van der Waals surface area contributed by atoms with E-state index in [1.807, 2.05) is 18.7 Å². The molecular weight excluding hydrogens is 220 g/mol. The first-order valence-electron chi connectivity index (χ1n) is 6.26. The summed E-state index contributed by atoms with van der Waals surface area (Å²) in [5.74, 6) is 0.133. The van der Waals surface area contributed by atoms with Gasteiger partial charge in [-0.25, -0.2) is 0 Å². The molecule has 0 aliphatic carbocycles. The molecule has 1 aliphatic rings. The van der Waals surface area contributed by atoms with Crippen molar-refractivity contribution in [2.75, 3.05) is 39.3 Å². The monoisotopic (exact) mass is 244 g/mol. The number of hydrogen-bond acceptors (Lipinski definition) is 4. The van der Waals surface area contributed by atoms with Crippen LogP contribution in [-0.2, 0) is 9.53 Å². The van der Waals surface area contributed by atoms with Crippen LogP contribution in [0.4, 0.5) is 0 Å². The molecule has 0 aromatic carbocycles. The van der Waals surface area contributed by atoms with Gasteiger partial charge in [0.2, 0.25) is 5.91 Å². The minimum atomic E-state index is -0.443. The van der Waals surface area contributed by atoms with Crippen molar-refractivity contribution in [3.63, 3.8) is 0 Å². The van der Waals surface area contributed by atoms with Crippen LogP contribution in [-0.4, -0.2) is 72.4 Å². The lowest BCUT2D eigenvalue weighted by Crippen LogP contribution is -2.50. The zero-order chi connectivity index (χ0) is 12.8. The molecule has 1 N–H and O–H groups in total. The quantitative estimate of drug-likeness (QED) is 0.736. The highest BCUT2D eigenvalue weighted by molar-refractivity contribution is 5.73. The Bertz CT molecular complexity index is 238. The van der Waals surface area contributed by atoms with Crippen LogP contribution in [0, 0.1) is 0 Å². The molecule has 100 valence electrons. The largest absolute Gasteiger partial charge is 0.389 e. The van der Waals surface area contributed by atoms with Crippen LogP contribution in [0.1, 0.15) is 20.8 Å². The van der Waals surface area contributed by atoms with E-state index in [-0.39, 0.29) is 12.0 Å². The molecule has 0 saturated carbocycles. The topological polar surface area (TPSA) is 53.0 Å². The van der Waals surface area contributed by atoms with Gasteiger partial charge in [-0.15, -0.1) is 0 Å². The van der Waals surface area contributed by atoms with E-state index in [0.29, 0.717) is 13.2 Å². The second-order valence-electron chi connectivity index (χ2n) is 4.84. The molecule has 0 radical (unpaired) electrons. The molecule has 1 atom stereocenters. The fourth-order valence-corrected chi connectivity index (χ4v) is 1.90. The highest BCUT2D eigenvalue weighted by atomic mass is 16.5. The highest BCUT2D eigenvalue weighted by Gasteiger charge is 2.20. The Morgan fingerprint density at radius 3 is 2.35 bits per heavy atom. The van der Waals surface area contributed by atoms with Gasteiger partial charge in [0.15, 0.2) is 0 Å². The first-order valence-corrected chi connectivity index (χ1v) is 6.26. The first-order chi connectivity index (χ1) is 7.99. The molecule has 1 rings (SSSR count). The molecule has 0 spiro atoms. The van der Waals surface area contributed by atoms with Crippen molar-refractivity contribution in [2.45, 2.75) is 33.0 Å². The predicted molar refractivity (Wildman–Crippen MR) is 65.8 cm³/mol. The van der Waals surface area contributed by atoms with Crippen molar-refractivity contribution >= 4 is 5.91 Å². The Balaban J connectivity index is 2.19. The van der Waals surface area contributed by atoms with Gasteiger partial charge in [0.05, 0.1) is 18.8 Å². The third-order valence-electron chi connectivity index (χ3n) is 2.91. The SMILES string of the molecule is CC(=O)N1CCN(C[C@H](O)COC(C)C)CC1. The number of rotatable bonds is 5. The van der Waals surface area contributed by atoms with Crippen LogP contribution >= 0.6 is 0 Å². The number of piperazine rings is 1. The van der Waals surface area contributed by atoms with Gasteiger partial charge < -0.3 is 14.7 Å². The molecule has 5 heteroatoms. The molecular formula is C12H24N2O3. The lowest BCUT2D eigenvalue weighted by molar-refractivity contribution is -0.130. The smallest absolute Gasteiger partial charge is 0.219 e. The van der Waals surface area contributed by atoms with Gasteiger partial charge in [-0.2, -0.15) is 0 Å². The molecule has 17 heavy (non-hydrogen) atoms. The van der Waals surface area contributed by atoms with E-state index in [9.17, 15) is 9.90 Å². The molecule has 1 fully saturated rings. The van der Waals surface area contributed by atoms with Gasteiger partial charge in [-0.05, 0) is 13.8 Å². The summed E-state index contributed by atoms with van der Waals surface area (Å²) in [6, 6.07) is 0. The van der Waals surface area contributed by atoms with Crippen molar-refractivity contribution in [3.8, 4) is 0 Å². The van der Waals surface area contributed by atoms with Gasteiger partial charge in [-0.1, -0.05) is 0 Å². The van der Waals surface area contributed by atoms with Gasteiger partial charge in [-0.3, -0.25) is 9.69 Å². The van der Waals surface area contributed by atoms with Crippen LogP contribution in [0.3, 0.4) is 0 Å². The molecule has 1 aliphatic heterocycles. The summed E-state index contributed by atoms with van der Waals surface area (Å²) < 4.78 is 5.36. The zero-order valence-corrected chi connectivity index (χ0v) is 11.1. The van der Waals surface area contributed by atoms with E-state index in [0.717, 1.165) is 26.2 Å². The molecule has 0 aromatic rings.